The molecule has 1 saturated heterocycles. The van der Waals surface area contributed by atoms with Gasteiger partial charge in [0.15, 0.2) is 0 Å². The maximum atomic E-state index is 12.6. The van der Waals surface area contributed by atoms with Crippen LogP contribution in [0.4, 0.5) is 0 Å². The summed E-state index contributed by atoms with van der Waals surface area (Å²) in [6.45, 7) is 5.61. The third-order valence-corrected chi connectivity index (χ3v) is 4.16. The van der Waals surface area contributed by atoms with Gasteiger partial charge in [-0.3, -0.25) is 4.79 Å². The Morgan fingerprint density at radius 2 is 2.30 bits per heavy atom. The zero-order valence-corrected chi connectivity index (χ0v) is 14.5. The van der Waals surface area contributed by atoms with Gasteiger partial charge in [0.05, 0.1) is 0 Å². The standard InChI is InChI=1S/C14H22BrN3O.ClH/c1-3-17-10-12(15)7-13(17)14(19)18-6-4-5-11(9-18)8-16-2;/h7,10-11,16H,3-6,8-9H2,1-2H3;1H. The van der Waals surface area contributed by atoms with Gasteiger partial charge in [0.1, 0.15) is 5.69 Å². The lowest BCUT2D eigenvalue weighted by Gasteiger charge is -2.32. The number of piperidine rings is 1. The molecule has 0 spiro atoms. The molecule has 6 heteroatoms. The quantitative estimate of drug-likeness (QED) is 0.892. The van der Waals surface area contributed by atoms with Gasteiger partial charge in [-0.2, -0.15) is 0 Å². The highest BCUT2D eigenvalue weighted by Crippen LogP contribution is 2.21. The van der Waals surface area contributed by atoms with Crippen molar-refractivity contribution in [3.63, 3.8) is 0 Å². The van der Waals surface area contributed by atoms with E-state index in [2.05, 4.69) is 28.2 Å². The molecule has 1 amide bonds. The van der Waals surface area contributed by atoms with Crippen LogP contribution in [0.1, 0.15) is 30.3 Å². The van der Waals surface area contributed by atoms with Crippen molar-refractivity contribution in [2.24, 2.45) is 5.92 Å². The van der Waals surface area contributed by atoms with E-state index in [9.17, 15) is 4.79 Å². The molecule has 0 aromatic carbocycles. The highest BCUT2D eigenvalue weighted by Gasteiger charge is 2.25. The van der Waals surface area contributed by atoms with Crippen molar-refractivity contribution in [2.45, 2.75) is 26.3 Å². The van der Waals surface area contributed by atoms with Crippen molar-refractivity contribution in [2.75, 3.05) is 26.7 Å². The molecule has 1 aliphatic rings. The van der Waals surface area contributed by atoms with Crippen LogP contribution >= 0.6 is 28.3 Å². The number of halogens is 2. The van der Waals surface area contributed by atoms with E-state index in [-0.39, 0.29) is 18.3 Å². The van der Waals surface area contributed by atoms with Crippen molar-refractivity contribution in [1.29, 1.82) is 0 Å². The first-order valence-electron chi connectivity index (χ1n) is 6.95. The minimum atomic E-state index is 0. The summed E-state index contributed by atoms with van der Waals surface area (Å²) < 4.78 is 2.98. The summed E-state index contributed by atoms with van der Waals surface area (Å²) in [6, 6.07) is 1.92. The molecule has 0 bridgehead atoms. The maximum absolute atomic E-state index is 12.6. The fraction of sp³-hybridized carbons (Fsp3) is 0.643. The van der Waals surface area contributed by atoms with E-state index in [4.69, 9.17) is 0 Å². The number of amides is 1. The summed E-state index contributed by atoms with van der Waals surface area (Å²) in [5.41, 5.74) is 0.791. The monoisotopic (exact) mass is 363 g/mol. The van der Waals surface area contributed by atoms with Gasteiger partial charge < -0.3 is 14.8 Å². The Balaban J connectivity index is 0.00000200. The van der Waals surface area contributed by atoms with E-state index in [0.29, 0.717) is 5.92 Å². The second-order valence-electron chi connectivity index (χ2n) is 5.15. The average Bonchev–Trinajstić information content (AvgIpc) is 2.80. The minimum Gasteiger partial charge on any atom is -0.343 e. The summed E-state index contributed by atoms with van der Waals surface area (Å²) in [6.07, 6.45) is 4.29. The first kappa shape index (κ1) is 17.5. The van der Waals surface area contributed by atoms with Gasteiger partial charge in [-0.15, -0.1) is 12.4 Å². The van der Waals surface area contributed by atoms with Gasteiger partial charge in [0, 0.05) is 30.3 Å². The predicted octanol–water partition coefficient (Wildman–Crippen LogP) is 2.76. The van der Waals surface area contributed by atoms with E-state index in [1.807, 2.05) is 28.8 Å². The highest BCUT2D eigenvalue weighted by atomic mass is 79.9. The number of aromatic nitrogens is 1. The predicted molar refractivity (Wildman–Crippen MR) is 87.6 cm³/mol. The minimum absolute atomic E-state index is 0. The van der Waals surface area contributed by atoms with Crippen molar-refractivity contribution >= 4 is 34.2 Å². The van der Waals surface area contributed by atoms with E-state index in [0.717, 1.165) is 42.8 Å². The topological polar surface area (TPSA) is 37.3 Å². The Hall–Kier alpha value is -0.520. The zero-order chi connectivity index (χ0) is 13.8. The molecule has 4 nitrogen and oxygen atoms in total. The van der Waals surface area contributed by atoms with E-state index < -0.39 is 0 Å². The molecule has 1 N–H and O–H groups in total. The van der Waals surface area contributed by atoms with Crippen LogP contribution in [0.25, 0.3) is 0 Å². The van der Waals surface area contributed by atoms with Crippen LogP contribution in [0, 0.1) is 5.92 Å². The number of aryl methyl sites for hydroxylation is 1. The number of carbonyl (C=O) groups excluding carboxylic acids is 1. The van der Waals surface area contributed by atoms with Crippen LogP contribution in [0.15, 0.2) is 16.7 Å². The molecular formula is C14H23BrClN3O. The molecule has 1 fully saturated rings. The van der Waals surface area contributed by atoms with E-state index in [1.54, 1.807) is 0 Å². The molecule has 2 rings (SSSR count). The number of carbonyl (C=O) groups is 1. The average molecular weight is 365 g/mol. The molecule has 1 atom stereocenters. The fourth-order valence-electron chi connectivity index (χ4n) is 2.78. The Morgan fingerprint density at radius 1 is 1.55 bits per heavy atom. The summed E-state index contributed by atoms with van der Waals surface area (Å²) >= 11 is 3.45. The number of likely N-dealkylation sites (tertiary alicyclic amines) is 1. The molecule has 0 radical (unpaired) electrons. The molecular weight excluding hydrogens is 342 g/mol. The first-order valence-corrected chi connectivity index (χ1v) is 7.74. The van der Waals surface area contributed by atoms with Crippen LogP contribution in [0.5, 0.6) is 0 Å². The maximum Gasteiger partial charge on any atom is 0.270 e. The van der Waals surface area contributed by atoms with Crippen molar-refractivity contribution < 1.29 is 4.79 Å². The molecule has 1 aromatic heterocycles. The number of hydrogen-bond acceptors (Lipinski definition) is 2. The lowest BCUT2D eigenvalue weighted by Crippen LogP contribution is -2.43. The van der Waals surface area contributed by atoms with Gasteiger partial charge in [0.2, 0.25) is 0 Å². The fourth-order valence-corrected chi connectivity index (χ4v) is 3.25. The number of nitrogens with one attached hydrogen (secondary N) is 1. The second-order valence-corrected chi connectivity index (χ2v) is 6.06. The van der Waals surface area contributed by atoms with Gasteiger partial charge in [0.25, 0.3) is 5.91 Å². The third-order valence-electron chi connectivity index (χ3n) is 3.72. The largest absolute Gasteiger partial charge is 0.343 e. The number of hydrogen-bond donors (Lipinski definition) is 1. The normalized spacial score (nSPS) is 18.8. The summed E-state index contributed by atoms with van der Waals surface area (Å²) in [7, 11) is 1.97. The van der Waals surface area contributed by atoms with Gasteiger partial charge in [-0.05, 0) is 61.3 Å². The Morgan fingerprint density at radius 3 is 2.95 bits per heavy atom. The molecule has 0 aliphatic carbocycles. The highest BCUT2D eigenvalue weighted by molar-refractivity contribution is 9.10. The first-order chi connectivity index (χ1) is 9.15. The Kier molecular flexibility index (Phi) is 7.06. The molecule has 1 unspecified atom stereocenters. The van der Waals surface area contributed by atoms with Crippen LogP contribution in [-0.2, 0) is 6.54 Å². The molecule has 114 valence electrons. The van der Waals surface area contributed by atoms with Crippen LogP contribution in [0.2, 0.25) is 0 Å². The lowest BCUT2D eigenvalue weighted by molar-refractivity contribution is 0.0663. The zero-order valence-electron chi connectivity index (χ0n) is 12.1. The SMILES string of the molecule is CCn1cc(Br)cc1C(=O)N1CCCC(CNC)C1.Cl. The lowest BCUT2D eigenvalue weighted by atomic mass is 9.98. The molecule has 20 heavy (non-hydrogen) atoms. The van der Waals surface area contributed by atoms with Gasteiger partial charge >= 0.3 is 0 Å². The van der Waals surface area contributed by atoms with Crippen LogP contribution in [-0.4, -0.2) is 42.1 Å². The van der Waals surface area contributed by atoms with Crippen LogP contribution in [0.3, 0.4) is 0 Å². The molecule has 1 aromatic rings. The van der Waals surface area contributed by atoms with Crippen molar-refractivity contribution in [3.05, 3.63) is 22.4 Å². The number of rotatable bonds is 4. The number of nitrogens with zero attached hydrogens (tertiary/aromatic N) is 2. The third kappa shape index (κ3) is 3.99. The second kappa shape index (κ2) is 8.05. The van der Waals surface area contributed by atoms with Crippen molar-refractivity contribution in [3.8, 4) is 0 Å². The Labute approximate surface area is 135 Å². The van der Waals surface area contributed by atoms with Gasteiger partial charge in [-0.25, -0.2) is 0 Å². The molecule has 1 aliphatic heterocycles. The van der Waals surface area contributed by atoms with Crippen LogP contribution < -0.4 is 5.32 Å². The molecule has 0 saturated carbocycles. The smallest absolute Gasteiger partial charge is 0.270 e. The van der Waals surface area contributed by atoms with E-state index in [1.165, 1.54) is 6.42 Å². The Bertz CT molecular complexity index is 448. The summed E-state index contributed by atoms with van der Waals surface area (Å²) in [5.74, 6) is 0.740. The summed E-state index contributed by atoms with van der Waals surface area (Å²) in [4.78, 5) is 14.6. The van der Waals surface area contributed by atoms with E-state index >= 15 is 0 Å². The van der Waals surface area contributed by atoms with Crippen molar-refractivity contribution in [1.82, 2.24) is 14.8 Å². The summed E-state index contributed by atoms with van der Waals surface area (Å²) in [5, 5.41) is 3.21. The van der Waals surface area contributed by atoms with Gasteiger partial charge in [-0.1, -0.05) is 0 Å². The molecule has 2 heterocycles.